The van der Waals surface area contributed by atoms with Crippen LogP contribution in [0, 0.1) is 6.92 Å². The molecular weight excluding hydrogens is 344 g/mol. The second kappa shape index (κ2) is 9.44. The van der Waals surface area contributed by atoms with E-state index in [9.17, 15) is 9.59 Å². The number of thioether (sulfide) groups is 1. The van der Waals surface area contributed by atoms with Gasteiger partial charge in [0.15, 0.2) is 0 Å². The number of hydrogen-bond donors (Lipinski definition) is 1. The Bertz CT molecular complexity index is 683. The van der Waals surface area contributed by atoms with Gasteiger partial charge in [0.1, 0.15) is 5.01 Å². The zero-order chi connectivity index (χ0) is 17.4. The van der Waals surface area contributed by atoms with Gasteiger partial charge in [-0.25, -0.2) is 4.98 Å². The number of nitrogens with zero attached hydrogens (tertiary/aromatic N) is 1. The zero-order valence-corrected chi connectivity index (χ0v) is 15.3. The molecule has 24 heavy (non-hydrogen) atoms. The van der Waals surface area contributed by atoms with Crippen LogP contribution in [0.4, 0.5) is 5.69 Å². The Balaban J connectivity index is 1.77. The lowest BCUT2D eigenvalue weighted by Crippen LogP contribution is -2.14. The van der Waals surface area contributed by atoms with Crippen molar-refractivity contribution >= 4 is 40.7 Å². The quantitative estimate of drug-likeness (QED) is 0.727. The summed E-state index contributed by atoms with van der Waals surface area (Å²) in [6, 6.07) is 7.68. The summed E-state index contributed by atoms with van der Waals surface area (Å²) >= 11 is 2.92. The number of anilines is 1. The average molecular weight is 364 g/mol. The molecule has 0 spiro atoms. The monoisotopic (exact) mass is 364 g/mol. The first-order valence-corrected chi connectivity index (χ1v) is 9.63. The Morgan fingerprint density at radius 2 is 2.04 bits per heavy atom. The number of nitrogens with one attached hydrogen (secondary N) is 1. The molecule has 5 nitrogen and oxygen atoms in total. The maximum atomic E-state index is 12.0. The lowest BCUT2D eigenvalue weighted by atomic mass is 10.2. The number of thiazole rings is 1. The summed E-state index contributed by atoms with van der Waals surface area (Å²) in [5.74, 6) is 0.651. The van der Waals surface area contributed by atoms with E-state index < -0.39 is 0 Å². The number of esters is 1. The number of hydrogen-bond acceptors (Lipinski definition) is 6. The van der Waals surface area contributed by atoms with Gasteiger partial charge in [0.25, 0.3) is 0 Å². The fourth-order valence-electron chi connectivity index (χ4n) is 1.92. The Morgan fingerprint density at radius 3 is 2.75 bits per heavy atom. The van der Waals surface area contributed by atoms with Crippen molar-refractivity contribution in [1.82, 2.24) is 4.98 Å². The third-order valence-corrected chi connectivity index (χ3v) is 4.86. The summed E-state index contributed by atoms with van der Waals surface area (Å²) in [5, 5.41) is 5.55. The Morgan fingerprint density at radius 1 is 1.29 bits per heavy atom. The summed E-state index contributed by atoms with van der Waals surface area (Å²) < 4.78 is 4.87. The van der Waals surface area contributed by atoms with Crippen LogP contribution in [0.2, 0.25) is 0 Å². The SMILES string of the molecule is CCOC(=O)CSCc1csc(CC(=O)Nc2ccc(C)cc2)n1. The summed E-state index contributed by atoms with van der Waals surface area (Å²) in [6.45, 7) is 4.19. The van der Waals surface area contributed by atoms with Crippen molar-refractivity contribution in [3.63, 3.8) is 0 Å². The predicted octanol–water partition coefficient (Wildman–Crippen LogP) is 3.43. The summed E-state index contributed by atoms with van der Waals surface area (Å²) in [6.07, 6.45) is 0.251. The first-order chi connectivity index (χ1) is 11.6. The maximum absolute atomic E-state index is 12.0. The Labute approximate surface area is 149 Å². The van der Waals surface area contributed by atoms with E-state index in [1.54, 1.807) is 6.92 Å². The summed E-state index contributed by atoms with van der Waals surface area (Å²) in [4.78, 5) is 27.7. The number of carbonyl (C=O) groups excluding carboxylic acids is 2. The number of ether oxygens (including phenoxy) is 1. The number of rotatable bonds is 8. The molecule has 1 heterocycles. The number of benzene rings is 1. The molecular formula is C17H20N2O3S2. The lowest BCUT2D eigenvalue weighted by molar-refractivity contribution is -0.139. The van der Waals surface area contributed by atoms with E-state index in [0.29, 0.717) is 18.1 Å². The van der Waals surface area contributed by atoms with Gasteiger partial charge in [-0.3, -0.25) is 9.59 Å². The van der Waals surface area contributed by atoms with Crippen molar-refractivity contribution in [2.24, 2.45) is 0 Å². The van der Waals surface area contributed by atoms with Crippen LogP contribution >= 0.6 is 23.1 Å². The van der Waals surface area contributed by atoms with Crippen molar-refractivity contribution in [1.29, 1.82) is 0 Å². The molecule has 2 aromatic rings. The van der Waals surface area contributed by atoms with E-state index in [4.69, 9.17) is 4.74 Å². The van der Waals surface area contributed by atoms with Crippen molar-refractivity contribution in [3.05, 3.63) is 45.9 Å². The van der Waals surface area contributed by atoms with E-state index in [-0.39, 0.29) is 18.3 Å². The summed E-state index contributed by atoms with van der Waals surface area (Å²) in [5.41, 5.74) is 2.82. The highest BCUT2D eigenvalue weighted by Gasteiger charge is 2.09. The highest BCUT2D eigenvalue weighted by atomic mass is 32.2. The van der Waals surface area contributed by atoms with Gasteiger partial charge in [-0.1, -0.05) is 17.7 Å². The molecule has 0 fully saturated rings. The van der Waals surface area contributed by atoms with Crippen molar-refractivity contribution < 1.29 is 14.3 Å². The van der Waals surface area contributed by atoms with Crippen LogP contribution in [0.25, 0.3) is 0 Å². The average Bonchev–Trinajstić information content (AvgIpc) is 2.97. The van der Waals surface area contributed by atoms with Crippen LogP contribution in [0.1, 0.15) is 23.2 Å². The van der Waals surface area contributed by atoms with Crippen molar-refractivity contribution in [2.75, 3.05) is 17.7 Å². The molecule has 0 unspecified atom stereocenters. The highest BCUT2D eigenvalue weighted by Crippen LogP contribution is 2.17. The third kappa shape index (κ3) is 6.33. The molecule has 0 bridgehead atoms. The van der Waals surface area contributed by atoms with Crippen molar-refractivity contribution in [2.45, 2.75) is 26.0 Å². The van der Waals surface area contributed by atoms with Gasteiger partial charge in [-0.15, -0.1) is 23.1 Å². The van der Waals surface area contributed by atoms with E-state index in [1.807, 2.05) is 36.6 Å². The van der Waals surface area contributed by atoms with Gasteiger partial charge in [-0.05, 0) is 26.0 Å². The van der Waals surface area contributed by atoms with E-state index in [0.717, 1.165) is 22.0 Å². The van der Waals surface area contributed by atoms with Crippen LogP contribution < -0.4 is 5.32 Å². The molecule has 0 aliphatic rings. The van der Waals surface area contributed by atoms with Crippen LogP contribution in [-0.2, 0) is 26.5 Å². The van der Waals surface area contributed by atoms with E-state index >= 15 is 0 Å². The second-order valence-electron chi connectivity index (χ2n) is 5.12. The van der Waals surface area contributed by atoms with Crippen LogP contribution in [0.3, 0.4) is 0 Å². The molecule has 7 heteroatoms. The molecule has 0 aliphatic carbocycles. The zero-order valence-electron chi connectivity index (χ0n) is 13.7. The number of amides is 1. The second-order valence-corrected chi connectivity index (χ2v) is 7.05. The minimum absolute atomic E-state index is 0.0843. The van der Waals surface area contributed by atoms with Gasteiger partial charge in [0, 0.05) is 16.8 Å². The number of aromatic nitrogens is 1. The molecule has 0 radical (unpaired) electrons. The minimum Gasteiger partial charge on any atom is -0.465 e. The molecule has 0 saturated heterocycles. The fourth-order valence-corrected chi connectivity index (χ4v) is 3.52. The first-order valence-electron chi connectivity index (χ1n) is 7.60. The smallest absolute Gasteiger partial charge is 0.315 e. The Kier molecular flexibility index (Phi) is 7.27. The largest absolute Gasteiger partial charge is 0.465 e. The predicted molar refractivity (Wildman–Crippen MR) is 98.4 cm³/mol. The minimum atomic E-state index is -0.213. The molecule has 0 aliphatic heterocycles. The first kappa shape index (κ1) is 18.5. The molecule has 0 saturated carbocycles. The lowest BCUT2D eigenvalue weighted by Gasteiger charge is -2.04. The topological polar surface area (TPSA) is 68.3 Å². The van der Waals surface area contributed by atoms with Gasteiger partial charge in [0.05, 0.1) is 24.5 Å². The van der Waals surface area contributed by atoms with Crippen LogP contribution in [0.15, 0.2) is 29.6 Å². The Hall–Kier alpha value is -1.86. The van der Waals surface area contributed by atoms with Gasteiger partial charge >= 0.3 is 5.97 Å². The van der Waals surface area contributed by atoms with Crippen LogP contribution in [0.5, 0.6) is 0 Å². The molecule has 0 atom stereocenters. The van der Waals surface area contributed by atoms with Gasteiger partial charge in [-0.2, -0.15) is 0 Å². The standard InChI is InChI=1S/C17H20N2O3S2/c1-3-22-17(21)11-23-9-14-10-24-16(19-14)8-15(20)18-13-6-4-12(2)5-7-13/h4-7,10H,3,8-9,11H2,1-2H3,(H,18,20). The highest BCUT2D eigenvalue weighted by molar-refractivity contribution is 7.99. The molecule has 1 aromatic heterocycles. The maximum Gasteiger partial charge on any atom is 0.315 e. The van der Waals surface area contributed by atoms with E-state index in [1.165, 1.54) is 23.1 Å². The molecule has 128 valence electrons. The number of aryl methyl sites for hydroxylation is 1. The molecule has 1 aromatic carbocycles. The fraction of sp³-hybridized carbons (Fsp3) is 0.353. The normalized spacial score (nSPS) is 10.4. The van der Waals surface area contributed by atoms with Gasteiger partial charge < -0.3 is 10.1 Å². The van der Waals surface area contributed by atoms with E-state index in [2.05, 4.69) is 10.3 Å². The third-order valence-electron chi connectivity index (χ3n) is 3.02. The molecule has 2 rings (SSSR count). The number of carbonyl (C=O) groups is 2. The summed E-state index contributed by atoms with van der Waals surface area (Å²) in [7, 11) is 0. The molecule has 1 N–H and O–H groups in total. The van der Waals surface area contributed by atoms with Crippen LogP contribution in [-0.4, -0.2) is 29.2 Å². The van der Waals surface area contributed by atoms with Gasteiger partial charge in [0.2, 0.25) is 5.91 Å². The molecule has 1 amide bonds. The van der Waals surface area contributed by atoms with Crippen molar-refractivity contribution in [3.8, 4) is 0 Å².